The maximum absolute atomic E-state index is 13.1. The van der Waals surface area contributed by atoms with Crippen molar-refractivity contribution in [2.24, 2.45) is 23.7 Å². The molecule has 0 aromatic heterocycles. The lowest BCUT2D eigenvalue weighted by molar-refractivity contribution is -0.123. The molecular weight excluding hydrogens is 436 g/mol. The van der Waals surface area contributed by atoms with Crippen LogP contribution in [0.2, 0.25) is 0 Å². The van der Waals surface area contributed by atoms with Gasteiger partial charge in [0.2, 0.25) is 11.8 Å². The number of fused-ring (bicyclic) bond motifs is 5. The van der Waals surface area contributed by atoms with Gasteiger partial charge in [-0.15, -0.1) is 0 Å². The lowest BCUT2D eigenvalue weighted by Gasteiger charge is -2.19. The van der Waals surface area contributed by atoms with Crippen molar-refractivity contribution in [2.75, 3.05) is 23.9 Å². The third-order valence-corrected chi connectivity index (χ3v) is 6.91. The van der Waals surface area contributed by atoms with Gasteiger partial charge in [-0.05, 0) is 55.5 Å². The second-order valence-corrected chi connectivity index (χ2v) is 8.89. The summed E-state index contributed by atoms with van der Waals surface area (Å²) in [6.45, 7) is 1.53. The zero-order valence-corrected chi connectivity index (χ0v) is 18.8. The molecule has 2 fully saturated rings. The van der Waals surface area contributed by atoms with Crippen molar-refractivity contribution in [3.63, 3.8) is 0 Å². The summed E-state index contributed by atoms with van der Waals surface area (Å²) in [5.74, 6) is -1.49. The van der Waals surface area contributed by atoms with E-state index in [-0.39, 0.29) is 41.0 Å². The van der Waals surface area contributed by atoms with Gasteiger partial charge in [0.15, 0.2) is 6.61 Å². The molecule has 3 aliphatic rings. The normalized spacial score (nSPS) is 24.6. The van der Waals surface area contributed by atoms with E-state index >= 15 is 0 Å². The molecule has 3 amide bonds. The van der Waals surface area contributed by atoms with Gasteiger partial charge in [-0.3, -0.25) is 14.4 Å². The average Bonchev–Trinajstić information content (AvgIpc) is 3.47. The summed E-state index contributed by atoms with van der Waals surface area (Å²) in [4.78, 5) is 52.2. The molecule has 8 nitrogen and oxygen atoms in total. The van der Waals surface area contributed by atoms with E-state index in [0.29, 0.717) is 17.1 Å². The molecule has 1 saturated carbocycles. The molecule has 174 valence electrons. The van der Waals surface area contributed by atoms with E-state index in [0.717, 1.165) is 6.42 Å². The molecule has 0 radical (unpaired) electrons. The van der Waals surface area contributed by atoms with E-state index < -0.39 is 18.5 Å². The number of benzene rings is 2. The zero-order valence-electron chi connectivity index (χ0n) is 18.8. The van der Waals surface area contributed by atoms with Crippen LogP contribution in [0, 0.1) is 23.7 Å². The number of nitrogens with zero attached hydrogens (tertiary/aromatic N) is 1. The first-order valence-corrected chi connectivity index (χ1v) is 11.1. The summed E-state index contributed by atoms with van der Waals surface area (Å²) < 4.78 is 10.3. The largest absolute Gasteiger partial charge is 0.497 e. The molecule has 1 aliphatic heterocycles. The summed E-state index contributed by atoms with van der Waals surface area (Å²) in [7, 11) is 1.52. The maximum Gasteiger partial charge on any atom is 0.338 e. The number of carbonyl (C=O) groups is 4. The Balaban J connectivity index is 1.25. The van der Waals surface area contributed by atoms with Gasteiger partial charge in [0.25, 0.3) is 5.91 Å². The molecule has 34 heavy (non-hydrogen) atoms. The lowest BCUT2D eigenvalue weighted by Crippen LogP contribution is -2.33. The van der Waals surface area contributed by atoms with Crippen molar-refractivity contribution in [1.29, 1.82) is 0 Å². The van der Waals surface area contributed by atoms with Crippen molar-refractivity contribution in [3.8, 4) is 5.75 Å². The van der Waals surface area contributed by atoms with Crippen LogP contribution < -0.4 is 15.0 Å². The molecule has 1 N–H and O–H groups in total. The van der Waals surface area contributed by atoms with Gasteiger partial charge in [-0.2, -0.15) is 0 Å². The molecule has 2 bridgehead atoms. The van der Waals surface area contributed by atoms with Crippen LogP contribution in [0.3, 0.4) is 0 Å². The summed E-state index contributed by atoms with van der Waals surface area (Å²) >= 11 is 0. The van der Waals surface area contributed by atoms with E-state index in [4.69, 9.17) is 9.47 Å². The fraction of sp³-hybridized carbons (Fsp3) is 0.308. The third-order valence-electron chi connectivity index (χ3n) is 6.91. The van der Waals surface area contributed by atoms with Crippen LogP contribution >= 0.6 is 0 Å². The summed E-state index contributed by atoms with van der Waals surface area (Å²) in [6, 6.07) is 13.0. The first kappa shape index (κ1) is 21.9. The van der Waals surface area contributed by atoms with E-state index in [2.05, 4.69) is 11.4 Å². The number of hydrogen-bond donors (Lipinski definition) is 1. The first-order valence-electron chi connectivity index (χ1n) is 11.1. The van der Waals surface area contributed by atoms with Gasteiger partial charge >= 0.3 is 5.97 Å². The van der Waals surface area contributed by atoms with Gasteiger partial charge in [0, 0.05) is 11.8 Å². The number of allylic oxidation sites excluding steroid dienone is 2. The molecular formula is C26H24N2O6. The zero-order chi connectivity index (χ0) is 24.0. The Morgan fingerprint density at radius 1 is 1.06 bits per heavy atom. The van der Waals surface area contributed by atoms with Crippen LogP contribution in [0.25, 0.3) is 0 Å². The molecule has 0 spiro atoms. The minimum absolute atomic E-state index is 0.104. The standard InChI is InChI=1S/C26H24N2O6/c1-14-9-16-11-20(14)23-22(16)24(30)28(25(23)31)18-7-3-5-15(10-18)26(32)34-13-21(29)27-17-6-4-8-19(12-17)33-2/h3-10,12,16,20,22-23H,11,13H2,1-2H3,(H,27,29)/t16-,20+,22+,23-/m0/s1. The van der Waals surface area contributed by atoms with Crippen LogP contribution in [-0.2, 0) is 19.1 Å². The predicted molar refractivity (Wildman–Crippen MR) is 123 cm³/mol. The molecule has 2 aliphatic carbocycles. The van der Waals surface area contributed by atoms with Gasteiger partial charge in [0.1, 0.15) is 5.75 Å². The summed E-state index contributed by atoms with van der Waals surface area (Å²) in [5.41, 5.74) is 2.19. The van der Waals surface area contributed by atoms with Gasteiger partial charge in [-0.1, -0.05) is 23.8 Å². The monoisotopic (exact) mass is 460 g/mol. The van der Waals surface area contributed by atoms with Crippen molar-refractivity contribution >= 4 is 35.1 Å². The van der Waals surface area contributed by atoms with E-state index in [1.807, 2.05) is 6.92 Å². The molecule has 1 heterocycles. The minimum Gasteiger partial charge on any atom is -0.497 e. The van der Waals surface area contributed by atoms with Crippen molar-refractivity contribution < 1.29 is 28.7 Å². The molecule has 2 aromatic carbocycles. The van der Waals surface area contributed by atoms with Crippen LogP contribution in [0.4, 0.5) is 11.4 Å². The van der Waals surface area contributed by atoms with E-state index in [1.165, 1.54) is 29.7 Å². The van der Waals surface area contributed by atoms with Crippen molar-refractivity contribution in [1.82, 2.24) is 0 Å². The Kier molecular flexibility index (Phi) is 5.43. The fourth-order valence-electron chi connectivity index (χ4n) is 5.41. The van der Waals surface area contributed by atoms with Crippen molar-refractivity contribution in [3.05, 3.63) is 65.7 Å². The Labute approximate surface area is 196 Å². The molecule has 5 rings (SSSR count). The molecule has 1 saturated heterocycles. The minimum atomic E-state index is -0.723. The highest BCUT2D eigenvalue weighted by Gasteiger charge is 2.60. The first-order chi connectivity index (χ1) is 16.4. The Morgan fingerprint density at radius 3 is 2.62 bits per heavy atom. The highest BCUT2D eigenvalue weighted by molar-refractivity contribution is 6.23. The number of hydrogen-bond acceptors (Lipinski definition) is 6. The summed E-state index contributed by atoms with van der Waals surface area (Å²) in [6.07, 6.45) is 2.97. The van der Waals surface area contributed by atoms with Crippen molar-refractivity contribution in [2.45, 2.75) is 13.3 Å². The predicted octanol–water partition coefficient (Wildman–Crippen LogP) is 3.19. The quantitative estimate of drug-likeness (QED) is 0.404. The topological polar surface area (TPSA) is 102 Å². The lowest BCUT2D eigenvalue weighted by atomic mass is 9.82. The Bertz CT molecular complexity index is 1240. The van der Waals surface area contributed by atoms with Crippen LogP contribution in [0.5, 0.6) is 5.75 Å². The van der Waals surface area contributed by atoms with Gasteiger partial charge in [0.05, 0.1) is 30.2 Å². The molecule has 8 heteroatoms. The Hall–Kier alpha value is -3.94. The van der Waals surface area contributed by atoms with Crippen LogP contribution in [0.1, 0.15) is 23.7 Å². The SMILES string of the molecule is COc1cccc(NC(=O)COC(=O)c2cccc(N3C(=O)[C@@H]4[C@H](C3=O)[C@H]3C=C(C)[C@H]4C3)c2)c1. The number of amides is 3. The number of anilines is 2. The number of methoxy groups -OCH3 is 1. The number of nitrogens with one attached hydrogen (secondary N) is 1. The number of esters is 1. The average molecular weight is 460 g/mol. The highest BCUT2D eigenvalue weighted by Crippen LogP contribution is 2.55. The number of ether oxygens (including phenoxy) is 2. The second-order valence-electron chi connectivity index (χ2n) is 8.89. The Morgan fingerprint density at radius 2 is 1.82 bits per heavy atom. The number of rotatable bonds is 6. The molecule has 2 aromatic rings. The smallest absolute Gasteiger partial charge is 0.338 e. The van der Waals surface area contributed by atoms with Crippen LogP contribution in [0.15, 0.2) is 60.2 Å². The van der Waals surface area contributed by atoms with Crippen LogP contribution in [-0.4, -0.2) is 37.4 Å². The van der Waals surface area contributed by atoms with Gasteiger partial charge in [-0.25, -0.2) is 9.69 Å². The van der Waals surface area contributed by atoms with E-state index in [9.17, 15) is 19.2 Å². The van der Waals surface area contributed by atoms with Gasteiger partial charge < -0.3 is 14.8 Å². The maximum atomic E-state index is 13.1. The number of imide groups is 1. The third kappa shape index (κ3) is 3.65. The number of carbonyl (C=O) groups excluding carboxylic acids is 4. The second kappa shape index (κ2) is 8.44. The summed E-state index contributed by atoms with van der Waals surface area (Å²) in [5, 5.41) is 2.63. The van der Waals surface area contributed by atoms with E-state index in [1.54, 1.807) is 36.4 Å². The molecule has 0 unspecified atom stereocenters. The highest BCUT2D eigenvalue weighted by atomic mass is 16.5. The fourth-order valence-corrected chi connectivity index (χ4v) is 5.41. The molecule has 4 atom stereocenters.